The largest absolute Gasteiger partial charge is 0.493 e. The minimum absolute atomic E-state index is 0.338. The van der Waals surface area contributed by atoms with Crippen molar-refractivity contribution in [3.05, 3.63) is 104 Å². The smallest absolute Gasteiger partial charge is 0.271 e. The lowest BCUT2D eigenvalue weighted by Gasteiger charge is -2.14. The van der Waals surface area contributed by atoms with Crippen LogP contribution in [0.4, 0.5) is 0 Å². The van der Waals surface area contributed by atoms with E-state index in [4.69, 9.17) is 21.1 Å². The first-order valence-corrected chi connectivity index (χ1v) is 12.0. The Labute approximate surface area is 216 Å². The molecule has 4 rings (SSSR count). The van der Waals surface area contributed by atoms with Crippen LogP contribution < -0.4 is 14.9 Å². The van der Waals surface area contributed by atoms with Crippen LogP contribution in [0, 0.1) is 10.5 Å². The van der Waals surface area contributed by atoms with E-state index in [1.807, 2.05) is 37.3 Å². The van der Waals surface area contributed by atoms with Gasteiger partial charge in [-0.25, -0.2) is 5.43 Å². The van der Waals surface area contributed by atoms with Crippen LogP contribution in [0.2, 0.25) is 5.02 Å². The third-order valence-electron chi connectivity index (χ3n) is 5.32. The van der Waals surface area contributed by atoms with Gasteiger partial charge in [-0.2, -0.15) is 5.10 Å². The van der Waals surface area contributed by atoms with E-state index in [0.717, 1.165) is 25.6 Å². The van der Waals surface area contributed by atoms with Gasteiger partial charge >= 0.3 is 0 Å². The second-order valence-corrected chi connectivity index (χ2v) is 9.19. The van der Waals surface area contributed by atoms with Crippen molar-refractivity contribution in [2.24, 2.45) is 5.10 Å². The molecule has 0 saturated carbocycles. The van der Waals surface area contributed by atoms with Gasteiger partial charge in [-0.05, 0) is 81.2 Å². The number of hydrogen-bond acceptors (Lipinski definition) is 4. The Morgan fingerprint density at radius 3 is 2.68 bits per heavy atom. The molecule has 172 valence electrons. The van der Waals surface area contributed by atoms with Crippen molar-refractivity contribution in [2.75, 3.05) is 7.11 Å². The summed E-state index contributed by atoms with van der Waals surface area (Å²) in [6.45, 7) is 2.29. The number of aryl methyl sites for hydroxylation is 1. The Hall–Kier alpha value is -3.10. The number of carbonyl (C=O) groups excluding carboxylic acids is 1. The highest BCUT2D eigenvalue weighted by Gasteiger charge is 2.13. The monoisotopic (exact) mass is 584 g/mol. The van der Waals surface area contributed by atoms with Crippen LogP contribution in [0.15, 0.2) is 77.9 Å². The van der Waals surface area contributed by atoms with Gasteiger partial charge in [-0.15, -0.1) is 0 Å². The summed E-state index contributed by atoms with van der Waals surface area (Å²) >= 11 is 8.31. The highest BCUT2D eigenvalue weighted by molar-refractivity contribution is 14.1. The van der Waals surface area contributed by atoms with Gasteiger partial charge in [0.2, 0.25) is 0 Å². The Balaban J connectivity index is 1.48. The van der Waals surface area contributed by atoms with Crippen LogP contribution in [0.3, 0.4) is 0 Å². The maximum atomic E-state index is 12.3. The third-order valence-corrected chi connectivity index (χ3v) is 6.53. The number of rotatable bonds is 7. The number of fused-ring (bicyclic) bond motifs is 1. The first-order valence-electron chi connectivity index (χ1n) is 10.5. The average Bonchev–Trinajstić information content (AvgIpc) is 2.84. The normalized spacial score (nSPS) is 11.1. The maximum absolute atomic E-state index is 12.3. The number of nitrogens with zero attached hydrogens (tertiary/aromatic N) is 1. The number of nitrogens with one attached hydrogen (secondary N) is 1. The Bertz CT molecular complexity index is 1380. The standard InChI is InChI=1S/C27H22ClIN2O3/c1-17-10-11-20(14-23(17)28)27(32)31-30-15-18-12-24(29)26(25(13-18)33-2)34-16-21-8-5-7-19-6-3-4-9-22(19)21/h3-15H,16H2,1-2H3,(H,31,32)/b30-15-. The predicted molar refractivity (Wildman–Crippen MR) is 145 cm³/mol. The van der Waals surface area contributed by atoms with Crippen LogP contribution in [-0.2, 0) is 6.61 Å². The molecule has 0 aliphatic rings. The van der Waals surface area contributed by atoms with Gasteiger partial charge in [0.1, 0.15) is 6.61 Å². The maximum Gasteiger partial charge on any atom is 0.271 e. The molecule has 4 aromatic rings. The predicted octanol–water partition coefficient (Wildman–Crippen LogP) is 6.76. The van der Waals surface area contributed by atoms with E-state index in [1.165, 1.54) is 5.39 Å². The van der Waals surface area contributed by atoms with Crippen LogP contribution in [-0.4, -0.2) is 19.2 Å². The fraction of sp³-hybridized carbons (Fsp3) is 0.111. The Morgan fingerprint density at radius 2 is 1.88 bits per heavy atom. The number of hydrazone groups is 1. The lowest BCUT2D eigenvalue weighted by Crippen LogP contribution is -2.17. The molecule has 0 aromatic heterocycles. The molecule has 0 fully saturated rings. The van der Waals surface area contributed by atoms with Crippen molar-refractivity contribution < 1.29 is 14.3 Å². The molecule has 7 heteroatoms. The van der Waals surface area contributed by atoms with E-state index >= 15 is 0 Å². The number of halogens is 2. The van der Waals surface area contributed by atoms with Gasteiger partial charge < -0.3 is 9.47 Å². The number of methoxy groups -OCH3 is 1. The number of benzene rings is 4. The zero-order chi connectivity index (χ0) is 24.1. The van der Waals surface area contributed by atoms with Crippen LogP contribution in [0.1, 0.15) is 27.0 Å². The van der Waals surface area contributed by atoms with Gasteiger partial charge in [0.25, 0.3) is 5.91 Å². The van der Waals surface area contributed by atoms with E-state index in [1.54, 1.807) is 31.5 Å². The van der Waals surface area contributed by atoms with E-state index in [9.17, 15) is 4.79 Å². The minimum Gasteiger partial charge on any atom is -0.493 e. The Morgan fingerprint density at radius 1 is 1.09 bits per heavy atom. The number of ether oxygens (including phenoxy) is 2. The highest BCUT2D eigenvalue weighted by Crippen LogP contribution is 2.34. The van der Waals surface area contributed by atoms with E-state index < -0.39 is 0 Å². The summed E-state index contributed by atoms with van der Waals surface area (Å²) in [6, 6.07) is 23.3. The fourth-order valence-electron chi connectivity index (χ4n) is 3.49. The zero-order valence-corrected chi connectivity index (χ0v) is 21.6. The van der Waals surface area contributed by atoms with Gasteiger partial charge in [-0.1, -0.05) is 60.1 Å². The van der Waals surface area contributed by atoms with E-state index in [2.05, 4.69) is 57.4 Å². The molecule has 1 N–H and O–H groups in total. The lowest BCUT2D eigenvalue weighted by molar-refractivity contribution is 0.0955. The molecule has 34 heavy (non-hydrogen) atoms. The van der Waals surface area contributed by atoms with Crippen LogP contribution >= 0.6 is 34.2 Å². The molecule has 0 aliphatic heterocycles. The fourth-order valence-corrected chi connectivity index (χ4v) is 4.45. The quantitative estimate of drug-likeness (QED) is 0.148. The molecule has 1 amide bonds. The number of hydrogen-bond donors (Lipinski definition) is 1. The van der Waals surface area contributed by atoms with Crippen LogP contribution in [0.25, 0.3) is 10.8 Å². The minimum atomic E-state index is -0.338. The number of amides is 1. The van der Waals surface area contributed by atoms with Gasteiger partial charge in [0.05, 0.1) is 16.9 Å². The molecular weight excluding hydrogens is 563 g/mol. The molecule has 0 atom stereocenters. The first kappa shape index (κ1) is 24.0. The summed E-state index contributed by atoms with van der Waals surface area (Å²) in [7, 11) is 1.60. The molecule has 5 nitrogen and oxygen atoms in total. The SMILES string of the molecule is COc1cc(/C=N\NC(=O)c2ccc(C)c(Cl)c2)cc(I)c1OCc1cccc2ccccc12. The van der Waals surface area contributed by atoms with Crippen molar-refractivity contribution in [3.63, 3.8) is 0 Å². The van der Waals surface area contributed by atoms with E-state index in [0.29, 0.717) is 28.7 Å². The highest BCUT2D eigenvalue weighted by atomic mass is 127. The summed E-state index contributed by atoms with van der Waals surface area (Å²) in [4.78, 5) is 12.3. The van der Waals surface area contributed by atoms with Crippen molar-refractivity contribution >= 4 is 57.1 Å². The summed E-state index contributed by atoms with van der Waals surface area (Å²) < 4.78 is 12.6. The number of carbonyl (C=O) groups is 1. The van der Waals surface area contributed by atoms with Crippen molar-refractivity contribution in [3.8, 4) is 11.5 Å². The first-order chi connectivity index (χ1) is 16.5. The molecule has 0 radical (unpaired) electrons. The van der Waals surface area contributed by atoms with Gasteiger partial charge in [-0.3, -0.25) is 4.79 Å². The average molecular weight is 585 g/mol. The molecule has 4 aromatic carbocycles. The summed E-state index contributed by atoms with van der Waals surface area (Å²) in [5.74, 6) is 0.909. The molecular formula is C27H22ClIN2O3. The zero-order valence-electron chi connectivity index (χ0n) is 18.6. The molecule has 0 saturated heterocycles. The molecule has 0 unspecified atom stereocenters. The Kier molecular flexibility index (Phi) is 7.70. The van der Waals surface area contributed by atoms with Crippen molar-refractivity contribution in [1.29, 1.82) is 0 Å². The molecule has 0 bridgehead atoms. The summed E-state index contributed by atoms with van der Waals surface area (Å²) in [6.07, 6.45) is 1.56. The van der Waals surface area contributed by atoms with E-state index in [-0.39, 0.29) is 5.91 Å². The second kappa shape index (κ2) is 10.9. The molecule has 0 spiro atoms. The van der Waals surface area contributed by atoms with Gasteiger partial charge in [0, 0.05) is 10.6 Å². The topological polar surface area (TPSA) is 59.9 Å². The lowest BCUT2D eigenvalue weighted by atomic mass is 10.1. The third kappa shape index (κ3) is 5.51. The van der Waals surface area contributed by atoms with Crippen molar-refractivity contribution in [1.82, 2.24) is 5.43 Å². The summed E-state index contributed by atoms with van der Waals surface area (Å²) in [5.41, 5.74) is 5.74. The van der Waals surface area contributed by atoms with Crippen molar-refractivity contribution in [2.45, 2.75) is 13.5 Å². The van der Waals surface area contributed by atoms with Crippen LogP contribution in [0.5, 0.6) is 11.5 Å². The van der Waals surface area contributed by atoms with Gasteiger partial charge in [0.15, 0.2) is 11.5 Å². The molecule has 0 heterocycles. The molecule has 0 aliphatic carbocycles. The summed E-state index contributed by atoms with van der Waals surface area (Å²) in [5, 5.41) is 6.95. The second-order valence-electron chi connectivity index (χ2n) is 7.62.